The predicted molar refractivity (Wildman–Crippen MR) is 85.2 cm³/mol. The number of hydrogen-bond donors (Lipinski definition) is 2. The van der Waals surface area contributed by atoms with Gasteiger partial charge in [0.15, 0.2) is 9.84 Å². The van der Waals surface area contributed by atoms with Crippen LogP contribution in [-0.4, -0.2) is 19.7 Å². The quantitative estimate of drug-likeness (QED) is 0.718. The van der Waals surface area contributed by atoms with Crippen molar-refractivity contribution in [2.24, 2.45) is 0 Å². The lowest BCUT2D eigenvalue weighted by Crippen LogP contribution is -1.96. The number of H-pyrrole nitrogens is 1. The number of benzene rings is 1. The van der Waals surface area contributed by atoms with E-state index in [4.69, 9.17) is 0 Å². The molecule has 0 unspecified atom stereocenters. The van der Waals surface area contributed by atoms with Crippen LogP contribution in [0.25, 0.3) is 10.9 Å². The van der Waals surface area contributed by atoms with Gasteiger partial charge >= 0.3 is 0 Å². The first-order chi connectivity index (χ1) is 9.54. The molecule has 0 amide bonds. The first-order valence-corrected chi connectivity index (χ1v) is 9.41. The number of aromatic nitrogens is 1. The molecule has 0 fully saturated rings. The molecule has 0 aliphatic rings. The second kappa shape index (κ2) is 5.16. The Bertz CT molecular complexity index is 836. The van der Waals surface area contributed by atoms with Crippen molar-refractivity contribution >= 4 is 49.7 Å². The standard InChI is InChI=1S/C13H12N2O2S3/c1-20(16,17)11-8-9-4-2-5-10(13(9)14-11)15-19-12-6-3-7-18-12/h2-8,14-15H,1H3. The number of rotatable bonds is 4. The Kier molecular flexibility index (Phi) is 3.49. The van der Waals surface area contributed by atoms with E-state index in [2.05, 4.69) is 9.71 Å². The van der Waals surface area contributed by atoms with Crippen molar-refractivity contribution in [1.29, 1.82) is 0 Å². The summed E-state index contributed by atoms with van der Waals surface area (Å²) in [5.41, 5.74) is 1.67. The maximum Gasteiger partial charge on any atom is 0.190 e. The lowest BCUT2D eigenvalue weighted by molar-refractivity contribution is 0.599. The van der Waals surface area contributed by atoms with Crippen molar-refractivity contribution in [1.82, 2.24) is 4.98 Å². The summed E-state index contributed by atoms with van der Waals surface area (Å²) in [5, 5.41) is 3.13. The maximum atomic E-state index is 11.6. The highest BCUT2D eigenvalue weighted by atomic mass is 32.2. The molecule has 2 N–H and O–H groups in total. The van der Waals surface area contributed by atoms with Gasteiger partial charge in [-0.2, -0.15) is 0 Å². The van der Waals surface area contributed by atoms with E-state index in [0.717, 1.165) is 20.8 Å². The monoisotopic (exact) mass is 324 g/mol. The van der Waals surface area contributed by atoms with Crippen LogP contribution in [0.4, 0.5) is 5.69 Å². The first-order valence-electron chi connectivity index (χ1n) is 5.82. The fraction of sp³-hybridized carbons (Fsp3) is 0.0769. The summed E-state index contributed by atoms with van der Waals surface area (Å²) < 4.78 is 27.6. The van der Waals surface area contributed by atoms with Gasteiger partial charge in [0.25, 0.3) is 0 Å². The smallest absolute Gasteiger partial charge is 0.190 e. The molecule has 0 aliphatic heterocycles. The highest BCUT2D eigenvalue weighted by Crippen LogP contribution is 2.30. The van der Waals surface area contributed by atoms with Crippen LogP contribution >= 0.6 is 23.3 Å². The third kappa shape index (κ3) is 2.70. The second-order valence-corrected chi connectivity index (χ2v) is 8.35. The number of para-hydroxylation sites is 1. The second-order valence-electron chi connectivity index (χ2n) is 4.31. The minimum Gasteiger partial charge on any atom is -0.344 e. The average Bonchev–Trinajstić information content (AvgIpc) is 3.04. The van der Waals surface area contributed by atoms with Gasteiger partial charge in [-0.05, 0) is 35.5 Å². The molecule has 0 saturated carbocycles. The first kappa shape index (κ1) is 13.5. The molecule has 20 heavy (non-hydrogen) atoms. The summed E-state index contributed by atoms with van der Waals surface area (Å²) >= 11 is 3.16. The normalized spacial score (nSPS) is 11.8. The summed E-state index contributed by atoms with van der Waals surface area (Å²) in [6.45, 7) is 0. The molecule has 0 bridgehead atoms. The third-order valence-corrected chi connectivity index (χ3v) is 5.67. The van der Waals surface area contributed by atoms with E-state index < -0.39 is 9.84 Å². The molecule has 0 spiro atoms. The van der Waals surface area contributed by atoms with Crippen molar-refractivity contribution in [2.45, 2.75) is 9.24 Å². The zero-order valence-corrected chi connectivity index (χ0v) is 13.0. The molecular weight excluding hydrogens is 312 g/mol. The number of fused-ring (bicyclic) bond motifs is 1. The Hall–Kier alpha value is -1.44. The minimum absolute atomic E-state index is 0.239. The van der Waals surface area contributed by atoms with Gasteiger partial charge < -0.3 is 9.71 Å². The summed E-state index contributed by atoms with van der Waals surface area (Å²) in [6, 6.07) is 11.4. The van der Waals surface area contributed by atoms with E-state index in [0.29, 0.717) is 0 Å². The van der Waals surface area contributed by atoms with Gasteiger partial charge in [0.1, 0.15) is 5.03 Å². The Balaban J connectivity index is 1.96. The van der Waals surface area contributed by atoms with Crippen LogP contribution in [0.1, 0.15) is 0 Å². The number of sulfone groups is 1. The van der Waals surface area contributed by atoms with E-state index in [1.165, 1.54) is 18.2 Å². The third-order valence-electron chi connectivity index (χ3n) is 2.79. The molecule has 0 saturated heterocycles. The van der Waals surface area contributed by atoms with Crippen LogP contribution in [0.15, 0.2) is 51.0 Å². The number of nitrogens with one attached hydrogen (secondary N) is 2. The highest BCUT2D eigenvalue weighted by Gasteiger charge is 2.12. The highest BCUT2D eigenvalue weighted by molar-refractivity contribution is 8.02. The predicted octanol–water partition coefficient (Wildman–Crippen LogP) is 3.75. The Morgan fingerprint density at radius 2 is 2.10 bits per heavy atom. The summed E-state index contributed by atoms with van der Waals surface area (Å²) in [4.78, 5) is 2.97. The maximum absolute atomic E-state index is 11.6. The van der Waals surface area contributed by atoms with Crippen molar-refractivity contribution < 1.29 is 8.42 Å². The molecule has 1 aromatic carbocycles. The fourth-order valence-corrected chi connectivity index (χ4v) is 3.93. The van der Waals surface area contributed by atoms with Gasteiger partial charge in [-0.3, -0.25) is 0 Å². The minimum atomic E-state index is -3.23. The molecule has 7 heteroatoms. The molecular formula is C13H12N2O2S3. The van der Waals surface area contributed by atoms with E-state index in [1.54, 1.807) is 17.4 Å². The number of anilines is 1. The van der Waals surface area contributed by atoms with Gasteiger partial charge in [0.2, 0.25) is 0 Å². The molecule has 3 rings (SSSR count). The molecule has 0 radical (unpaired) electrons. The Labute approximate surface area is 125 Å². The summed E-state index contributed by atoms with van der Waals surface area (Å²) in [5.74, 6) is 0. The topological polar surface area (TPSA) is 62.0 Å². The van der Waals surface area contributed by atoms with Gasteiger partial charge in [-0.15, -0.1) is 11.3 Å². The molecule has 2 aromatic heterocycles. The molecule has 0 aliphatic carbocycles. The SMILES string of the molecule is CS(=O)(=O)c1cc2cccc(NSc3cccs3)c2[nH]1. The fourth-order valence-electron chi connectivity index (χ4n) is 1.84. The molecule has 104 valence electrons. The van der Waals surface area contributed by atoms with E-state index in [-0.39, 0.29) is 5.03 Å². The van der Waals surface area contributed by atoms with Crippen LogP contribution in [0, 0.1) is 0 Å². The zero-order valence-electron chi connectivity index (χ0n) is 10.6. The zero-order chi connectivity index (χ0) is 14.2. The molecule has 3 aromatic rings. The van der Waals surface area contributed by atoms with Crippen molar-refractivity contribution in [3.8, 4) is 0 Å². The van der Waals surface area contributed by atoms with Crippen LogP contribution in [-0.2, 0) is 9.84 Å². The van der Waals surface area contributed by atoms with E-state index >= 15 is 0 Å². The van der Waals surface area contributed by atoms with Crippen LogP contribution < -0.4 is 4.72 Å². The molecule has 4 nitrogen and oxygen atoms in total. The van der Waals surface area contributed by atoms with E-state index in [1.807, 2.05) is 35.7 Å². The number of aromatic amines is 1. The van der Waals surface area contributed by atoms with Gasteiger partial charge in [0.05, 0.1) is 15.4 Å². The Morgan fingerprint density at radius 1 is 1.25 bits per heavy atom. The summed E-state index contributed by atoms with van der Waals surface area (Å²) in [6.07, 6.45) is 1.20. The summed E-state index contributed by atoms with van der Waals surface area (Å²) in [7, 11) is -3.23. The van der Waals surface area contributed by atoms with Crippen LogP contribution in [0.3, 0.4) is 0 Å². The number of thiophene rings is 1. The van der Waals surface area contributed by atoms with Crippen molar-refractivity contribution in [3.05, 3.63) is 41.8 Å². The van der Waals surface area contributed by atoms with Crippen LogP contribution in [0.5, 0.6) is 0 Å². The van der Waals surface area contributed by atoms with Gasteiger partial charge in [0, 0.05) is 11.6 Å². The van der Waals surface area contributed by atoms with Crippen molar-refractivity contribution in [3.63, 3.8) is 0 Å². The molecule has 2 heterocycles. The van der Waals surface area contributed by atoms with Gasteiger partial charge in [-0.1, -0.05) is 18.2 Å². The lowest BCUT2D eigenvalue weighted by atomic mass is 10.2. The Morgan fingerprint density at radius 3 is 2.80 bits per heavy atom. The number of hydrogen-bond acceptors (Lipinski definition) is 5. The largest absolute Gasteiger partial charge is 0.344 e. The lowest BCUT2D eigenvalue weighted by Gasteiger charge is -2.04. The van der Waals surface area contributed by atoms with E-state index in [9.17, 15) is 8.42 Å². The van der Waals surface area contributed by atoms with Gasteiger partial charge in [-0.25, -0.2) is 8.42 Å². The average molecular weight is 324 g/mol. The molecule has 0 atom stereocenters. The van der Waals surface area contributed by atoms with Crippen molar-refractivity contribution in [2.75, 3.05) is 11.0 Å². The van der Waals surface area contributed by atoms with Crippen LogP contribution in [0.2, 0.25) is 0 Å².